The topological polar surface area (TPSA) is 24.1 Å². The fourth-order valence-electron chi connectivity index (χ4n) is 1.05. The summed E-state index contributed by atoms with van der Waals surface area (Å²) >= 11 is 0. The molecule has 0 aromatic heterocycles. The molecule has 0 aromatic carbocycles. The van der Waals surface area contributed by atoms with Gasteiger partial charge in [0.25, 0.3) is 0 Å². The molecule has 1 heterocycles. The molecule has 0 spiro atoms. The summed E-state index contributed by atoms with van der Waals surface area (Å²) in [5.74, 6) is 0. The maximum absolute atomic E-state index is 3.84. The van der Waals surface area contributed by atoms with Crippen molar-refractivity contribution < 1.29 is 0 Å². The number of hydrogen-bond acceptors (Lipinski definition) is 2. The van der Waals surface area contributed by atoms with E-state index >= 15 is 0 Å². The highest BCUT2D eigenvalue weighted by Gasteiger charge is 2.11. The summed E-state index contributed by atoms with van der Waals surface area (Å²) in [6.45, 7) is 4.88. The van der Waals surface area contributed by atoms with Gasteiger partial charge in [-0.3, -0.25) is 0 Å². The fraction of sp³-hybridized carbons (Fsp3) is 0.714. The minimum atomic E-state index is 0.649. The minimum absolute atomic E-state index is 0.649. The molecule has 1 aliphatic heterocycles. The van der Waals surface area contributed by atoms with Crippen LogP contribution in [-0.4, -0.2) is 19.6 Å². The van der Waals surface area contributed by atoms with Gasteiger partial charge in [-0.2, -0.15) is 0 Å². The summed E-state index contributed by atoms with van der Waals surface area (Å²) in [6.07, 6.45) is 2.34. The van der Waals surface area contributed by atoms with E-state index < -0.39 is 0 Å². The highest BCUT2D eigenvalue weighted by Crippen LogP contribution is 2.07. The summed E-state index contributed by atoms with van der Waals surface area (Å²) in [4.78, 5) is 0. The smallest absolute Gasteiger partial charge is 0.0297 e. The van der Waals surface area contributed by atoms with Gasteiger partial charge in [0.2, 0.25) is 0 Å². The van der Waals surface area contributed by atoms with E-state index in [0.29, 0.717) is 6.04 Å². The molecule has 2 nitrogen and oxygen atoms in total. The summed E-state index contributed by atoms with van der Waals surface area (Å²) < 4.78 is 0. The van der Waals surface area contributed by atoms with Crippen LogP contribution in [0.4, 0.5) is 0 Å². The molecule has 0 amide bonds. The molecule has 2 N–H and O–H groups in total. The quantitative estimate of drug-likeness (QED) is 0.533. The Morgan fingerprint density at radius 1 is 1.78 bits per heavy atom. The van der Waals surface area contributed by atoms with Crippen LogP contribution in [0.2, 0.25) is 0 Å². The van der Waals surface area contributed by atoms with Crippen molar-refractivity contribution in [2.45, 2.75) is 18.9 Å². The highest BCUT2D eigenvalue weighted by molar-refractivity contribution is 4.97. The van der Waals surface area contributed by atoms with Crippen LogP contribution in [0.15, 0.2) is 12.3 Å². The standard InChI is InChI=1S/C7H14N2/c1-6-3-4-7(8-2)5-9-6/h7-9H,1,3-5H2,2H3/t7-/m1/s1. The Kier molecular flexibility index (Phi) is 2.11. The van der Waals surface area contributed by atoms with Crippen LogP contribution in [0.1, 0.15) is 12.8 Å². The number of hydrogen-bond donors (Lipinski definition) is 2. The zero-order valence-corrected chi connectivity index (χ0v) is 5.91. The van der Waals surface area contributed by atoms with Gasteiger partial charge in [0.05, 0.1) is 0 Å². The third kappa shape index (κ3) is 1.72. The first-order chi connectivity index (χ1) is 4.33. The first-order valence-corrected chi connectivity index (χ1v) is 3.42. The van der Waals surface area contributed by atoms with Gasteiger partial charge in [0, 0.05) is 18.3 Å². The second-order valence-electron chi connectivity index (χ2n) is 2.51. The van der Waals surface area contributed by atoms with Crippen LogP contribution in [0, 0.1) is 0 Å². The molecule has 0 bridgehead atoms. The SMILES string of the molecule is C=C1CC[C@@H](NC)CN1. The highest BCUT2D eigenvalue weighted by atomic mass is 15.0. The van der Waals surface area contributed by atoms with Crippen molar-refractivity contribution in [3.63, 3.8) is 0 Å². The van der Waals surface area contributed by atoms with Crippen molar-refractivity contribution in [3.8, 4) is 0 Å². The molecule has 0 unspecified atom stereocenters. The van der Waals surface area contributed by atoms with Crippen molar-refractivity contribution in [1.82, 2.24) is 10.6 Å². The summed E-state index contributed by atoms with van der Waals surface area (Å²) in [6, 6.07) is 0.649. The van der Waals surface area contributed by atoms with E-state index in [2.05, 4.69) is 17.2 Å². The van der Waals surface area contributed by atoms with E-state index in [0.717, 1.165) is 13.0 Å². The van der Waals surface area contributed by atoms with Crippen LogP contribution in [0.5, 0.6) is 0 Å². The lowest BCUT2D eigenvalue weighted by Crippen LogP contribution is -2.39. The van der Waals surface area contributed by atoms with Crippen molar-refractivity contribution >= 4 is 0 Å². The lowest BCUT2D eigenvalue weighted by atomic mass is 10.1. The van der Waals surface area contributed by atoms with Crippen LogP contribution >= 0.6 is 0 Å². The van der Waals surface area contributed by atoms with Gasteiger partial charge in [-0.25, -0.2) is 0 Å². The van der Waals surface area contributed by atoms with Gasteiger partial charge in [0.1, 0.15) is 0 Å². The second kappa shape index (κ2) is 2.87. The van der Waals surface area contributed by atoms with Gasteiger partial charge >= 0.3 is 0 Å². The minimum Gasteiger partial charge on any atom is -0.387 e. The number of rotatable bonds is 1. The molecule has 1 aliphatic rings. The average molecular weight is 126 g/mol. The molecule has 0 radical (unpaired) electrons. The van der Waals surface area contributed by atoms with Crippen LogP contribution in [0.3, 0.4) is 0 Å². The molecule has 1 saturated heterocycles. The van der Waals surface area contributed by atoms with Crippen molar-refractivity contribution in [3.05, 3.63) is 12.3 Å². The number of allylic oxidation sites excluding steroid dienone is 1. The van der Waals surface area contributed by atoms with Crippen molar-refractivity contribution in [1.29, 1.82) is 0 Å². The van der Waals surface area contributed by atoms with Gasteiger partial charge in [-0.1, -0.05) is 6.58 Å². The molecular formula is C7H14N2. The average Bonchev–Trinajstić information content (AvgIpc) is 1.90. The maximum atomic E-state index is 3.84. The Balaban J connectivity index is 2.26. The van der Waals surface area contributed by atoms with Crippen molar-refractivity contribution in [2.75, 3.05) is 13.6 Å². The Hall–Kier alpha value is -0.500. The van der Waals surface area contributed by atoms with Crippen LogP contribution in [0.25, 0.3) is 0 Å². The van der Waals surface area contributed by atoms with E-state index in [9.17, 15) is 0 Å². The van der Waals surface area contributed by atoms with E-state index in [1.54, 1.807) is 0 Å². The predicted molar refractivity (Wildman–Crippen MR) is 39.2 cm³/mol. The van der Waals surface area contributed by atoms with Gasteiger partial charge < -0.3 is 10.6 Å². The number of nitrogens with one attached hydrogen (secondary N) is 2. The van der Waals surface area contributed by atoms with E-state index in [1.807, 2.05) is 7.05 Å². The summed E-state index contributed by atoms with van der Waals surface area (Å²) in [5, 5.41) is 6.45. The third-order valence-electron chi connectivity index (χ3n) is 1.80. The third-order valence-corrected chi connectivity index (χ3v) is 1.80. The zero-order valence-electron chi connectivity index (χ0n) is 5.91. The van der Waals surface area contributed by atoms with Gasteiger partial charge in [-0.15, -0.1) is 0 Å². The van der Waals surface area contributed by atoms with Crippen LogP contribution < -0.4 is 10.6 Å². The Morgan fingerprint density at radius 3 is 3.00 bits per heavy atom. The van der Waals surface area contributed by atoms with E-state index in [1.165, 1.54) is 12.1 Å². The molecule has 52 valence electrons. The van der Waals surface area contributed by atoms with Gasteiger partial charge in [-0.05, 0) is 19.9 Å². The molecule has 1 fully saturated rings. The number of likely N-dealkylation sites (N-methyl/N-ethyl adjacent to an activating group) is 1. The normalized spacial score (nSPS) is 27.7. The lowest BCUT2D eigenvalue weighted by Gasteiger charge is -2.24. The molecule has 2 heteroatoms. The second-order valence-corrected chi connectivity index (χ2v) is 2.51. The largest absolute Gasteiger partial charge is 0.387 e. The Morgan fingerprint density at radius 2 is 2.56 bits per heavy atom. The first kappa shape index (κ1) is 6.62. The van der Waals surface area contributed by atoms with E-state index in [-0.39, 0.29) is 0 Å². The van der Waals surface area contributed by atoms with Gasteiger partial charge in [0.15, 0.2) is 0 Å². The monoisotopic (exact) mass is 126 g/mol. The molecule has 0 aromatic rings. The molecule has 1 rings (SSSR count). The first-order valence-electron chi connectivity index (χ1n) is 3.42. The molecule has 9 heavy (non-hydrogen) atoms. The Labute approximate surface area is 56.3 Å². The molecule has 0 saturated carbocycles. The predicted octanol–water partition coefficient (Wildman–Crippen LogP) is 0.471. The molecule has 0 aliphatic carbocycles. The molecular weight excluding hydrogens is 112 g/mol. The molecule has 1 atom stereocenters. The van der Waals surface area contributed by atoms with E-state index in [4.69, 9.17) is 0 Å². The lowest BCUT2D eigenvalue weighted by molar-refractivity contribution is 0.452. The fourth-order valence-corrected chi connectivity index (χ4v) is 1.05. The van der Waals surface area contributed by atoms with Crippen LogP contribution in [-0.2, 0) is 0 Å². The zero-order chi connectivity index (χ0) is 6.69. The summed E-state index contributed by atoms with van der Waals surface area (Å²) in [7, 11) is 2.00. The Bertz CT molecular complexity index is 99.5. The maximum Gasteiger partial charge on any atom is 0.0297 e. The van der Waals surface area contributed by atoms with Crippen molar-refractivity contribution in [2.24, 2.45) is 0 Å². The number of piperidine rings is 1. The summed E-state index contributed by atoms with van der Waals surface area (Å²) in [5.41, 5.74) is 1.18.